The minimum atomic E-state index is -4.47. The second kappa shape index (κ2) is 12.3. The molecule has 1 saturated heterocycles. The fraction of sp³-hybridized carbons (Fsp3) is 0.519. The standard InChI is InChI=1S/C27H36F3N3O3/c1-19(2)18-36-24-9-5-20(6-10-24)16-31-26(34)33(23-11-13-32(3)14-12-23)17-21-7-8-22(27(28,29)30)15-25(21)35-4/h5-10,15,19,23H,11-14,16-18H2,1-4H3,(H,31,34). The van der Waals surface area contributed by atoms with E-state index in [-0.39, 0.29) is 24.4 Å². The number of halogens is 3. The van der Waals surface area contributed by atoms with Gasteiger partial charge < -0.3 is 24.6 Å². The second-order valence-corrected chi connectivity index (χ2v) is 9.69. The summed E-state index contributed by atoms with van der Waals surface area (Å²) in [4.78, 5) is 17.3. The molecule has 1 fully saturated rings. The molecule has 0 radical (unpaired) electrons. The maximum absolute atomic E-state index is 13.3. The Balaban J connectivity index is 1.72. The van der Waals surface area contributed by atoms with E-state index >= 15 is 0 Å². The Bertz CT molecular complexity index is 988. The number of piperidine rings is 1. The molecule has 9 heteroatoms. The number of carbonyl (C=O) groups excluding carboxylic acids is 1. The molecule has 0 bridgehead atoms. The van der Waals surface area contributed by atoms with Gasteiger partial charge in [-0.3, -0.25) is 0 Å². The quantitative estimate of drug-likeness (QED) is 0.483. The topological polar surface area (TPSA) is 54.0 Å². The molecule has 0 aromatic heterocycles. The number of amides is 2. The van der Waals surface area contributed by atoms with Crippen LogP contribution in [0.2, 0.25) is 0 Å². The first-order valence-electron chi connectivity index (χ1n) is 12.3. The zero-order chi connectivity index (χ0) is 26.3. The van der Waals surface area contributed by atoms with Crippen LogP contribution in [0.3, 0.4) is 0 Å². The van der Waals surface area contributed by atoms with Gasteiger partial charge in [0.05, 0.1) is 25.8 Å². The lowest BCUT2D eigenvalue weighted by molar-refractivity contribution is -0.137. The first-order chi connectivity index (χ1) is 17.1. The predicted molar refractivity (Wildman–Crippen MR) is 133 cm³/mol. The van der Waals surface area contributed by atoms with Crippen molar-refractivity contribution in [2.75, 3.05) is 33.9 Å². The van der Waals surface area contributed by atoms with E-state index in [0.717, 1.165) is 49.4 Å². The summed E-state index contributed by atoms with van der Waals surface area (Å²) >= 11 is 0. The van der Waals surface area contributed by atoms with Crippen LogP contribution in [0, 0.1) is 5.92 Å². The number of likely N-dealkylation sites (tertiary alicyclic amines) is 1. The zero-order valence-corrected chi connectivity index (χ0v) is 21.4. The van der Waals surface area contributed by atoms with Gasteiger partial charge in [0.2, 0.25) is 0 Å². The third-order valence-corrected chi connectivity index (χ3v) is 6.30. The largest absolute Gasteiger partial charge is 0.496 e. The fourth-order valence-corrected chi connectivity index (χ4v) is 4.15. The fourth-order valence-electron chi connectivity index (χ4n) is 4.15. The summed E-state index contributed by atoms with van der Waals surface area (Å²) in [6, 6.07) is 10.7. The first kappa shape index (κ1) is 27.6. The number of ether oxygens (including phenoxy) is 2. The van der Waals surface area contributed by atoms with E-state index in [1.807, 2.05) is 31.3 Å². The minimum Gasteiger partial charge on any atom is -0.496 e. The molecule has 1 N–H and O–H groups in total. The number of hydrogen-bond acceptors (Lipinski definition) is 4. The first-order valence-corrected chi connectivity index (χ1v) is 12.3. The van der Waals surface area contributed by atoms with E-state index in [1.165, 1.54) is 13.2 Å². The van der Waals surface area contributed by atoms with Crippen LogP contribution < -0.4 is 14.8 Å². The number of hydrogen-bond donors (Lipinski definition) is 1. The van der Waals surface area contributed by atoms with E-state index in [4.69, 9.17) is 9.47 Å². The molecule has 198 valence electrons. The Morgan fingerprint density at radius 2 is 1.81 bits per heavy atom. The van der Waals surface area contributed by atoms with Crippen molar-refractivity contribution in [3.05, 3.63) is 59.2 Å². The molecule has 0 atom stereocenters. The number of rotatable bonds is 9. The lowest BCUT2D eigenvalue weighted by Crippen LogP contribution is -2.49. The second-order valence-electron chi connectivity index (χ2n) is 9.69. The Hall–Kier alpha value is -2.94. The Morgan fingerprint density at radius 3 is 2.39 bits per heavy atom. The highest BCUT2D eigenvalue weighted by Gasteiger charge is 2.32. The molecule has 0 aliphatic carbocycles. The highest BCUT2D eigenvalue weighted by molar-refractivity contribution is 5.74. The highest BCUT2D eigenvalue weighted by atomic mass is 19.4. The van der Waals surface area contributed by atoms with Crippen LogP contribution in [0.1, 0.15) is 43.4 Å². The van der Waals surface area contributed by atoms with E-state index in [1.54, 1.807) is 4.90 Å². The van der Waals surface area contributed by atoms with Gasteiger partial charge >= 0.3 is 12.2 Å². The molecule has 2 amide bonds. The Labute approximate surface area is 211 Å². The number of carbonyl (C=O) groups is 1. The Morgan fingerprint density at radius 1 is 1.14 bits per heavy atom. The molecule has 0 unspecified atom stereocenters. The smallest absolute Gasteiger partial charge is 0.416 e. The van der Waals surface area contributed by atoms with Crippen molar-refractivity contribution in [3.8, 4) is 11.5 Å². The lowest BCUT2D eigenvalue weighted by atomic mass is 10.0. The van der Waals surface area contributed by atoms with Crippen LogP contribution in [0.15, 0.2) is 42.5 Å². The van der Waals surface area contributed by atoms with Crippen LogP contribution >= 0.6 is 0 Å². The van der Waals surface area contributed by atoms with E-state index in [9.17, 15) is 18.0 Å². The van der Waals surface area contributed by atoms with Gasteiger partial charge in [-0.2, -0.15) is 13.2 Å². The number of nitrogens with zero attached hydrogens (tertiary/aromatic N) is 2. The molecule has 0 saturated carbocycles. The number of nitrogens with one attached hydrogen (secondary N) is 1. The normalized spacial score (nSPS) is 15.1. The highest BCUT2D eigenvalue weighted by Crippen LogP contribution is 2.34. The average molecular weight is 508 g/mol. The molecule has 6 nitrogen and oxygen atoms in total. The monoisotopic (exact) mass is 507 g/mol. The minimum absolute atomic E-state index is 0.0278. The molecule has 2 aromatic rings. The van der Waals surface area contributed by atoms with Crippen LogP contribution in [0.5, 0.6) is 11.5 Å². The maximum Gasteiger partial charge on any atom is 0.416 e. The molecule has 0 spiro atoms. The van der Waals surface area contributed by atoms with Crippen molar-refractivity contribution >= 4 is 6.03 Å². The molecule has 3 rings (SSSR count). The van der Waals surface area contributed by atoms with Crippen molar-refractivity contribution in [2.45, 2.75) is 52.0 Å². The van der Waals surface area contributed by atoms with Gasteiger partial charge in [-0.25, -0.2) is 4.79 Å². The zero-order valence-electron chi connectivity index (χ0n) is 21.4. The van der Waals surface area contributed by atoms with Crippen molar-refractivity contribution in [1.29, 1.82) is 0 Å². The van der Waals surface area contributed by atoms with Crippen LogP contribution in [-0.2, 0) is 19.3 Å². The number of benzene rings is 2. The van der Waals surface area contributed by atoms with Gasteiger partial charge in [-0.1, -0.05) is 32.0 Å². The number of methoxy groups -OCH3 is 1. The molecule has 1 aliphatic rings. The molecule has 1 aliphatic heterocycles. The van der Waals surface area contributed by atoms with Gasteiger partial charge in [0, 0.05) is 18.2 Å². The summed E-state index contributed by atoms with van der Waals surface area (Å²) in [5.74, 6) is 1.33. The number of alkyl halides is 3. The Kier molecular flexibility index (Phi) is 9.48. The number of urea groups is 1. The molecular formula is C27H36F3N3O3. The van der Waals surface area contributed by atoms with Crippen molar-refractivity contribution in [3.63, 3.8) is 0 Å². The van der Waals surface area contributed by atoms with E-state index < -0.39 is 11.7 Å². The van der Waals surface area contributed by atoms with Gasteiger partial charge in [0.15, 0.2) is 0 Å². The lowest BCUT2D eigenvalue weighted by Gasteiger charge is -2.37. The predicted octanol–water partition coefficient (Wildman–Crippen LogP) is 5.55. The van der Waals surface area contributed by atoms with Crippen molar-refractivity contribution < 1.29 is 27.4 Å². The summed E-state index contributed by atoms with van der Waals surface area (Å²) in [6.45, 7) is 6.97. The molecule has 36 heavy (non-hydrogen) atoms. The summed E-state index contributed by atoms with van der Waals surface area (Å²) in [6.07, 6.45) is -2.89. The van der Waals surface area contributed by atoms with Gasteiger partial charge in [-0.05, 0) is 68.7 Å². The van der Waals surface area contributed by atoms with E-state index in [2.05, 4.69) is 24.1 Å². The van der Waals surface area contributed by atoms with Gasteiger partial charge in [0.25, 0.3) is 0 Å². The summed E-state index contributed by atoms with van der Waals surface area (Å²) in [7, 11) is 3.38. The molecule has 1 heterocycles. The summed E-state index contributed by atoms with van der Waals surface area (Å²) in [5, 5.41) is 2.98. The van der Waals surface area contributed by atoms with Crippen LogP contribution in [0.4, 0.5) is 18.0 Å². The van der Waals surface area contributed by atoms with Crippen molar-refractivity contribution in [1.82, 2.24) is 15.1 Å². The third-order valence-electron chi connectivity index (χ3n) is 6.30. The molecular weight excluding hydrogens is 471 g/mol. The average Bonchev–Trinajstić information content (AvgIpc) is 2.85. The van der Waals surface area contributed by atoms with Gasteiger partial charge in [-0.15, -0.1) is 0 Å². The maximum atomic E-state index is 13.3. The van der Waals surface area contributed by atoms with E-state index in [0.29, 0.717) is 24.6 Å². The third kappa shape index (κ3) is 7.78. The van der Waals surface area contributed by atoms with Crippen molar-refractivity contribution in [2.24, 2.45) is 5.92 Å². The summed E-state index contributed by atoms with van der Waals surface area (Å²) < 4.78 is 50.5. The van der Waals surface area contributed by atoms with Gasteiger partial charge in [0.1, 0.15) is 11.5 Å². The van der Waals surface area contributed by atoms with Crippen LogP contribution in [0.25, 0.3) is 0 Å². The van der Waals surface area contributed by atoms with Crippen LogP contribution in [-0.4, -0.2) is 55.7 Å². The molecule has 2 aromatic carbocycles. The summed E-state index contributed by atoms with van der Waals surface area (Å²) in [5.41, 5.74) is 0.682. The SMILES string of the molecule is COc1cc(C(F)(F)F)ccc1CN(C(=O)NCc1ccc(OCC(C)C)cc1)C1CCN(C)CC1.